The molecule has 3 rings (SSSR count). The number of pyridine rings is 1. The molecule has 1 saturated heterocycles. The molecule has 1 amide bonds. The second-order valence-electron chi connectivity index (χ2n) is 6.59. The number of aromatic nitrogens is 1. The molecule has 1 aliphatic rings. The van der Waals surface area contributed by atoms with Crippen LogP contribution in [0.25, 0.3) is 0 Å². The Balaban J connectivity index is 0.00000210. The van der Waals surface area contributed by atoms with E-state index in [1.165, 1.54) is 0 Å². The van der Waals surface area contributed by atoms with Gasteiger partial charge >= 0.3 is 0 Å². The van der Waals surface area contributed by atoms with E-state index in [2.05, 4.69) is 22.5 Å². The summed E-state index contributed by atoms with van der Waals surface area (Å²) in [4.78, 5) is 16.7. The van der Waals surface area contributed by atoms with Gasteiger partial charge in [0.2, 0.25) is 11.8 Å². The SMILES string of the molecule is CCCOc1ccccc1Oc1ncccc1CNC(=O)C1CCCCN1.Cl.Cl. The Bertz CT molecular complexity index is 755. The number of carbonyl (C=O) groups excluding carboxylic acids is 1. The quantitative estimate of drug-likeness (QED) is 0.639. The van der Waals surface area contributed by atoms with Crippen molar-refractivity contribution in [2.45, 2.75) is 45.2 Å². The topological polar surface area (TPSA) is 72.5 Å². The molecule has 1 aromatic heterocycles. The van der Waals surface area contributed by atoms with Gasteiger partial charge in [-0.15, -0.1) is 24.8 Å². The number of nitrogens with one attached hydrogen (secondary N) is 2. The monoisotopic (exact) mass is 441 g/mol. The first-order valence-electron chi connectivity index (χ1n) is 9.62. The van der Waals surface area contributed by atoms with Gasteiger partial charge in [-0.05, 0) is 44.0 Å². The van der Waals surface area contributed by atoms with E-state index < -0.39 is 0 Å². The standard InChI is InChI=1S/C21H27N3O3.2ClH/c1-2-14-26-18-10-3-4-11-19(18)27-21-16(8-7-13-23-21)15-24-20(25)17-9-5-6-12-22-17;;/h3-4,7-8,10-11,13,17,22H,2,5-6,9,12,14-15H2,1H3,(H,24,25);2*1H. The number of carbonyl (C=O) groups is 1. The number of nitrogens with zero attached hydrogens (tertiary/aromatic N) is 1. The Labute approximate surface area is 184 Å². The molecule has 2 heterocycles. The van der Waals surface area contributed by atoms with Gasteiger partial charge in [0.15, 0.2) is 11.5 Å². The molecule has 1 aromatic carbocycles. The first kappa shape index (κ1) is 25.0. The Hall–Kier alpha value is -2.02. The molecule has 29 heavy (non-hydrogen) atoms. The number of hydrogen-bond acceptors (Lipinski definition) is 5. The third kappa shape index (κ3) is 7.38. The van der Waals surface area contributed by atoms with Gasteiger partial charge in [0.05, 0.1) is 12.6 Å². The molecule has 0 radical (unpaired) electrons. The minimum atomic E-state index is -0.108. The summed E-state index contributed by atoms with van der Waals surface area (Å²) >= 11 is 0. The number of benzene rings is 1. The maximum Gasteiger partial charge on any atom is 0.237 e. The van der Waals surface area contributed by atoms with Crippen molar-refractivity contribution < 1.29 is 14.3 Å². The molecular weight excluding hydrogens is 413 g/mol. The highest BCUT2D eigenvalue weighted by Gasteiger charge is 2.20. The second-order valence-corrected chi connectivity index (χ2v) is 6.59. The molecule has 1 aliphatic heterocycles. The summed E-state index contributed by atoms with van der Waals surface area (Å²) in [5.74, 6) is 1.80. The van der Waals surface area contributed by atoms with E-state index in [1.807, 2.05) is 36.4 Å². The molecule has 2 aromatic rings. The first-order valence-corrected chi connectivity index (χ1v) is 9.62. The molecule has 0 saturated carbocycles. The molecule has 0 spiro atoms. The number of ether oxygens (including phenoxy) is 2. The van der Waals surface area contributed by atoms with Gasteiger partial charge in [0, 0.05) is 18.3 Å². The number of rotatable bonds is 8. The number of piperidine rings is 1. The summed E-state index contributed by atoms with van der Waals surface area (Å²) in [5, 5.41) is 6.25. The fourth-order valence-corrected chi connectivity index (χ4v) is 3.00. The van der Waals surface area contributed by atoms with E-state index in [1.54, 1.807) is 6.20 Å². The normalized spacial score (nSPS) is 15.4. The van der Waals surface area contributed by atoms with Gasteiger partial charge in [0.25, 0.3) is 0 Å². The lowest BCUT2D eigenvalue weighted by Crippen LogP contribution is -2.46. The van der Waals surface area contributed by atoms with E-state index in [4.69, 9.17) is 9.47 Å². The average Bonchev–Trinajstić information content (AvgIpc) is 2.73. The molecule has 1 fully saturated rings. The van der Waals surface area contributed by atoms with E-state index in [-0.39, 0.29) is 36.8 Å². The van der Waals surface area contributed by atoms with Crippen molar-refractivity contribution >= 4 is 30.7 Å². The molecule has 6 nitrogen and oxygen atoms in total. The highest BCUT2D eigenvalue weighted by molar-refractivity contribution is 5.85. The van der Waals surface area contributed by atoms with Crippen LogP contribution in [0.2, 0.25) is 0 Å². The summed E-state index contributed by atoms with van der Waals surface area (Å²) in [5.41, 5.74) is 0.826. The van der Waals surface area contributed by atoms with Crippen molar-refractivity contribution in [2.75, 3.05) is 13.2 Å². The van der Waals surface area contributed by atoms with Crippen LogP contribution in [0.15, 0.2) is 42.6 Å². The van der Waals surface area contributed by atoms with Crippen LogP contribution in [0, 0.1) is 0 Å². The summed E-state index contributed by atoms with van der Waals surface area (Å²) in [6.07, 6.45) is 5.69. The minimum Gasteiger partial charge on any atom is -0.490 e. The highest BCUT2D eigenvalue weighted by atomic mass is 35.5. The lowest BCUT2D eigenvalue weighted by molar-refractivity contribution is -0.123. The summed E-state index contributed by atoms with van der Waals surface area (Å²) in [7, 11) is 0. The lowest BCUT2D eigenvalue weighted by atomic mass is 10.0. The van der Waals surface area contributed by atoms with Crippen LogP contribution in [-0.2, 0) is 11.3 Å². The molecule has 160 valence electrons. The Morgan fingerprint density at radius 3 is 2.69 bits per heavy atom. The number of para-hydroxylation sites is 2. The third-order valence-electron chi connectivity index (χ3n) is 4.45. The third-order valence-corrected chi connectivity index (χ3v) is 4.45. The van der Waals surface area contributed by atoms with Crippen molar-refractivity contribution in [2.24, 2.45) is 0 Å². The van der Waals surface area contributed by atoms with E-state index in [0.717, 1.165) is 37.8 Å². The van der Waals surface area contributed by atoms with Crippen LogP contribution >= 0.6 is 24.8 Å². The smallest absolute Gasteiger partial charge is 0.237 e. The van der Waals surface area contributed by atoms with Gasteiger partial charge in [-0.1, -0.05) is 31.5 Å². The molecular formula is C21H29Cl2N3O3. The van der Waals surface area contributed by atoms with Crippen molar-refractivity contribution in [3.05, 3.63) is 48.2 Å². The highest BCUT2D eigenvalue weighted by Crippen LogP contribution is 2.31. The fraction of sp³-hybridized carbons (Fsp3) is 0.429. The van der Waals surface area contributed by atoms with Crippen molar-refractivity contribution in [3.63, 3.8) is 0 Å². The van der Waals surface area contributed by atoms with Gasteiger partial charge in [0.1, 0.15) is 0 Å². The average molecular weight is 442 g/mol. The fourth-order valence-electron chi connectivity index (χ4n) is 3.00. The predicted octanol–water partition coefficient (Wildman–Crippen LogP) is 4.26. The summed E-state index contributed by atoms with van der Waals surface area (Å²) < 4.78 is 11.8. The zero-order chi connectivity index (χ0) is 18.9. The van der Waals surface area contributed by atoms with Crippen LogP contribution in [0.4, 0.5) is 0 Å². The molecule has 1 unspecified atom stereocenters. The Morgan fingerprint density at radius 2 is 1.97 bits per heavy atom. The molecule has 0 aliphatic carbocycles. The lowest BCUT2D eigenvalue weighted by Gasteiger charge is -2.22. The van der Waals surface area contributed by atoms with Gasteiger partial charge in [-0.3, -0.25) is 4.79 Å². The molecule has 2 N–H and O–H groups in total. The van der Waals surface area contributed by atoms with E-state index >= 15 is 0 Å². The zero-order valence-corrected chi connectivity index (χ0v) is 18.2. The van der Waals surface area contributed by atoms with Crippen molar-refractivity contribution in [3.8, 4) is 17.4 Å². The zero-order valence-electron chi connectivity index (χ0n) is 16.6. The first-order chi connectivity index (χ1) is 13.3. The maximum atomic E-state index is 12.4. The maximum absolute atomic E-state index is 12.4. The molecule has 8 heteroatoms. The summed E-state index contributed by atoms with van der Waals surface area (Å²) in [6.45, 7) is 3.95. The van der Waals surface area contributed by atoms with Gasteiger partial charge < -0.3 is 20.1 Å². The van der Waals surface area contributed by atoms with Crippen LogP contribution in [0.3, 0.4) is 0 Å². The molecule has 1 atom stereocenters. The van der Waals surface area contributed by atoms with Crippen LogP contribution in [0.5, 0.6) is 17.4 Å². The van der Waals surface area contributed by atoms with Crippen LogP contribution in [0.1, 0.15) is 38.2 Å². The minimum absolute atomic E-state index is 0. The number of hydrogen-bond donors (Lipinski definition) is 2. The van der Waals surface area contributed by atoms with E-state index in [0.29, 0.717) is 30.5 Å². The summed E-state index contributed by atoms with van der Waals surface area (Å²) in [6, 6.07) is 11.2. The number of halogens is 2. The predicted molar refractivity (Wildman–Crippen MR) is 119 cm³/mol. The van der Waals surface area contributed by atoms with E-state index in [9.17, 15) is 4.79 Å². The van der Waals surface area contributed by atoms with Crippen LogP contribution < -0.4 is 20.1 Å². The molecule has 0 bridgehead atoms. The number of amides is 1. The van der Waals surface area contributed by atoms with Crippen LogP contribution in [-0.4, -0.2) is 30.1 Å². The Morgan fingerprint density at radius 1 is 1.17 bits per heavy atom. The largest absolute Gasteiger partial charge is 0.490 e. The van der Waals surface area contributed by atoms with Crippen molar-refractivity contribution in [1.29, 1.82) is 0 Å². The second kappa shape index (κ2) is 13.2. The van der Waals surface area contributed by atoms with Gasteiger partial charge in [-0.2, -0.15) is 0 Å². The van der Waals surface area contributed by atoms with Gasteiger partial charge in [-0.25, -0.2) is 4.98 Å². The van der Waals surface area contributed by atoms with Crippen molar-refractivity contribution in [1.82, 2.24) is 15.6 Å². The Kier molecular flexibility index (Phi) is 11.4.